The lowest BCUT2D eigenvalue weighted by molar-refractivity contribution is 0.103. The van der Waals surface area contributed by atoms with Crippen LogP contribution < -0.4 is 5.32 Å². The van der Waals surface area contributed by atoms with Gasteiger partial charge < -0.3 is 9.88 Å². The monoisotopic (exact) mass is 351 g/mol. The average Bonchev–Trinajstić information content (AvgIpc) is 3.28. The summed E-state index contributed by atoms with van der Waals surface area (Å²) in [4.78, 5) is 18.0. The van der Waals surface area contributed by atoms with E-state index in [-0.39, 0.29) is 5.91 Å². The van der Waals surface area contributed by atoms with Gasteiger partial charge in [-0.25, -0.2) is 4.98 Å². The molecule has 3 aromatic rings. The van der Waals surface area contributed by atoms with Crippen LogP contribution in [-0.2, 0) is 19.4 Å². The van der Waals surface area contributed by atoms with Gasteiger partial charge in [0.05, 0.1) is 10.6 Å². The van der Waals surface area contributed by atoms with Crippen molar-refractivity contribution in [3.05, 3.63) is 58.2 Å². The first-order valence-corrected chi connectivity index (χ1v) is 9.67. The number of benzene rings is 1. The van der Waals surface area contributed by atoms with Gasteiger partial charge in [-0.1, -0.05) is 19.1 Å². The number of anilines is 1. The van der Waals surface area contributed by atoms with Gasteiger partial charge in [-0.15, -0.1) is 11.3 Å². The summed E-state index contributed by atoms with van der Waals surface area (Å²) in [7, 11) is 0. The van der Waals surface area contributed by atoms with E-state index < -0.39 is 0 Å². The van der Waals surface area contributed by atoms with Crippen molar-refractivity contribution in [3.8, 4) is 11.3 Å². The lowest BCUT2D eigenvalue weighted by Crippen LogP contribution is -2.11. The Morgan fingerprint density at radius 2 is 2.08 bits per heavy atom. The molecular weight excluding hydrogens is 330 g/mol. The normalized spacial score (nSPS) is 13.5. The van der Waals surface area contributed by atoms with Crippen molar-refractivity contribution < 1.29 is 4.79 Å². The molecule has 1 aliphatic rings. The standard InChI is InChI=1S/C20H21N3OS/c1-2-14-10-12-25-19(14)20(24)21-16-8-6-15(7-9-16)17-13-23-11-4-3-5-18(23)22-17/h6-10,12-13H,2-5,11H2,1H3,(H,21,24). The number of carbonyl (C=O) groups is 1. The summed E-state index contributed by atoms with van der Waals surface area (Å²) in [6.07, 6.45) is 6.53. The Balaban J connectivity index is 1.50. The average molecular weight is 351 g/mol. The molecule has 1 aliphatic heterocycles. The van der Waals surface area contributed by atoms with Gasteiger partial charge >= 0.3 is 0 Å². The van der Waals surface area contributed by atoms with Gasteiger partial charge in [-0.3, -0.25) is 4.79 Å². The fraction of sp³-hybridized carbons (Fsp3) is 0.300. The Morgan fingerprint density at radius 3 is 2.84 bits per heavy atom. The Morgan fingerprint density at radius 1 is 1.24 bits per heavy atom. The largest absolute Gasteiger partial charge is 0.334 e. The fourth-order valence-electron chi connectivity index (χ4n) is 3.28. The van der Waals surface area contributed by atoms with Gasteiger partial charge in [0, 0.05) is 30.4 Å². The number of nitrogens with zero attached hydrogens (tertiary/aromatic N) is 2. The fourth-order valence-corrected chi connectivity index (χ4v) is 4.17. The summed E-state index contributed by atoms with van der Waals surface area (Å²) in [6, 6.07) is 9.97. The van der Waals surface area contributed by atoms with Gasteiger partial charge in [0.1, 0.15) is 5.82 Å². The number of aromatic nitrogens is 2. The van der Waals surface area contributed by atoms with Crippen LogP contribution in [0.15, 0.2) is 41.9 Å². The molecule has 25 heavy (non-hydrogen) atoms. The van der Waals surface area contributed by atoms with Gasteiger partial charge in [0.2, 0.25) is 0 Å². The van der Waals surface area contributed by atoms with Gasteiger partial charge in [0.25, 0.3) is 5.91 Å². The molecule has 0 atom stereocenters. The minimum Gasteiger partial charge on any atom is -0.334 e. The third-order valence-corrected chi connectivity index (χ3v) is 5.64. The van der Waals surface area contributed by atoms with Crippen LogP contribution in [0.2, 0.25) is 0 Å². The Bertz CT molecular complexity index is 869. The first-order chi connectivity index (χ1) is 12.2. The van der Waals surface area contributed by atoms with Crippen LogP contribution in [0.3, 0.4) is 0 Å². The molecule has 4 rings (SSSR count). The minimum absolute atomic E-state index is 0.0305. The van der Waals surface area contributed by atoms with E-state index in [9.17, 15) is 4.79 Å². The van der Waals surface area contributed by atoms with Crippen molar-refractivity contribution in [2.45, 2.75) is 39.2 Å². The third kappa shape index (κ3) is 3.24. The van der Waals surface area contributed by atoms with Crippen molar-refractivity contribution >= 4 is 22.9 Å². The molecule has 2 aromatic heterocycles. The highest BCUT2D eigenvalue weighted by molar-refractivity contribution is 7.12. The van der Waals surface area contributed by atoms with Crippen LogP contribution in [-0.4, -0.2) is 15.5 Å². The van der Waals surface area contributed by atoms with Crippen LogP contribution in [0.4, 0.5) is 5.69 Å². The van der Waals surface area contributed by atoms with E-state index >= 15 is 0 Å². The smallest absolute Gasteiger partial charge is 0.266 e. The molecule has 1 N–H and O–H groups in total. The number of hydrogen-bond acceptors (Lipinski definition) is 3. The highest BCUT2D eigenvalue weighted by atomic mass is 32.1. The van der Waals surface area contributed by atoms with E-state index in [2.05, 4.69) is 23.0 Å². The first kappa shape index (κ1) is 16.1. The van der Waals surface area contributed by atoms with Crippen molar-refractivity contribution in [2.24, 2.45) is 0 Å². The molecule has 0 unspecified atom stereocenters. The Hall–Kier alpha value is -2.40. The molecule has 1 aromatic carbocycles. The third-order valence-electron chi connectivity index (χ3n) is 4.68. The SMILES string of the molecule is CCc1ccsc1C(=O)Nc1ccc(-c2cn3c(n2)CCCC3)cc1. The van der Waals surface area contributed by atoms with E-state index in [1.807, 2.05) is 35.7 Å². The second-order valence-corrected chi connectivity index (χ2v) is 7.27. The maximum absolute atomic E-state index is 12.4. The summed E-state index contributed by atoms with van der Waals surface area (Å²) < 4.78 is 2.26. The highest BCUT2D eigenvalue weighted by Crippen LogP contribution is 2.25. The van der Waals surface area contributed by atoms with E-state index in [1.54, 1.807) is 0 Å². The zero-order valence-corrected chi connectivity index (χ0v) is 15.1. The molecule has 0 saturated heterocycles. The molecule has 5 heteroatoms. The van der Waals surface area contributed by atoms with Crippen molar-refractivity contribution in [2.75, 3.05) is 5.32 Å². The zero-order chi connectivity index (χ0) is 17.2. The number of rotatable bonds is 4. The molecule has 0 bridgehead atoms. The second kappa shape index (κ2) is 6.84. The first-order valence-electron chi connectivity index (χ1n) is 8.79. The van der Waals surface area contributed by atoms with Gasteiger partial charge in [-0.2, -0.15) is 0 Å². The Kier molecular flexibility index (Phi) is 4.40. The molecule has 0 aliphatic carbocycles. The molecule has 0 radical (unpaired) electrons. The number of aryl methyl sites for hydroxylation is 3. The highest BCUT2D eigenvalue weighted by Gasteiger charge is 2.14. The molecule has 1 amide bonds. The van der Waals surface area contributed by atoms with Crippen LogP contribution in [0.5, 0.6) is 0 Å². The van der Waals surface area contributed by atoms with Gasteiger partial charge in [0.15, 0.2) is 0 Å². The number of fused-ring (bicyclic) bond motifs is 1. The summed E-state index contributed by atoms with van der Waals surface area (Å²) in [6.45, 7) is 3.13. The maximum atomic E-state index is 12.4. The van der Waals surface area contributed by atoms with E-state index in [4.69, 9.17) is 4.98 Å². The lowest BCUT2D eigenvalue weighted by atomic mass is 10.1. The topological polar surface area (TPSA) is 46.9 Å². The van der Waals surface area contributed by atoms with E-state index in [0.717, 1.165) is 46.8 Å². The Labute approximate surface area is 151 Å². The maximum Gasteiger partial charge on any atom is 0.266 e. The van der Waals surface area contributed by atoms with Crippen molar-refractivity contribution in [1.29, 1.82) is 0 Å². The molecule has 0 fully saturated rings. The van der Waals surface area contributed by atoms with Crippen molar-refractivity contribution in [1.82, 2.24) is 9.55 Å². The lowest BCUT2D eigenvalue weighted by Gasteiger charge is -2.11. The van der Waals surface area contributed by atoms with Crippen LogP contribution in [0.1, 0.15) is 40.8 Å². The molecule has 0 saturated carbocycles. The van der Waals surface area contributed by atoms with E-state index in [0.29, 0.717) is 0 Å². The minimum atomic E-state index is -0.0305. The summed E-state index contributed by atoms with van der Waals surface area (Å²) in [5, 5.41) is 4.96. The second-order valence-electron chi connectivity index (χ2n) is 6.35. The van der Waals surface area contributed by atoms with E-state index in [1.165, 1.54) is 30.0 Å². The predicted molar refractivity (Wildman–Crippen MR) is 102 cm³/mol. The van der Waals surface area contributed by atoms with Crippen molar-refractivity contribution in [3.63, 3.8) is 0 Å². The molecule has 0 spiro atoms. The van der Waals surface area contributed by atoms with Crippen LogP contribution in [0, 0.1) is 0 Å². The van der Waals surface area contributed by atoms with Crippen LogP contribution >= 0.6 is 11.3 Å². The van der Waals surface area contributed by atoms with Gasteiger partial charge in [-0.05, 0) is 48.4 Å². The predicted octanol–water partition coefficient (Wildman–Crippen LogP) is 4.76. The number of nitrogens with one attached hydrogen (secondary N) is 1. The summed E-state index contributed by atoms with van der Waals surface area (Å²) in [5.41, 5.74) is 4.02. The summed E-state index contributed by atoms with van der Waals surface area (Å²) in [5.74, 6) is 1.15. The molecule has 3 heterocycles. The molecule has 128 valence electrons. The van der Waals surface area contributed by atoms with Crippen LogP contribution in [0.25, 0.3) is 11.3 Å². The summed E-state index contributed by atoms with van der Waals surface area (Å²) >= 11 is 1.49. The molecule has 4 nitrogen and oxygen atoms in total. The number of thiophene rings is 1. The number of carbonyl (C=O) groups excluding carboxylic acids is 1. The number of imidazole rings is 1. The quantitative estimate of drug-likeness (QED) is 0.736. The molecular formula is C20H21N3OS. The number of hydrogen-bond donors (Lipinski definition) is 1. The zero-order valence-electron chi connectivity index (χ0n) is 14.3. The number of amides is 1.